The quantitative estimate of drug-likeness (QED) is 0.245. The average molecular weight is 472 g/mol. The molecule has 3 aromatic carbocycles. The van der Waals surface area contributed by atoms with Crippen molar-refractivity contribution in [3.8, 4) is 5.75 Å². The molecule has 0 unspecified atom stereocenters. The molecule has 0 aromatic heterocycles. The van der Waals surface area contributed by atoms with Gasteiger partial charge < -0.3 is 9.47 Å². The van der Waals surface area contributed by atoms with Crippen molar-refractivity contribution in [2.24, 2.45) is 0 Å². The van der Waals surface area contributed by atoms with Gasteiger partial charge in [0.05, 0.1) is 23.9 Å². The minimum Gasteiger partial charge on any atom is -0.489 e. The second-order valence-corrected chi connectivity index (χ2v) is 8.58. The Labute approximate surface area is 203 Å². The minimum atomic E-state index is -0.538. The van der Waals surface area contributed by atoms with Crippen molar-refractivity contribution in [1.82, 2.24) is 0 Å². The number of rotatable bonds is 7. The van der Waals surface area contributed by atoms with Gasteiger partial charge >= 0.3 is 5.97 Å². The molecular formula is C28H25NO4S. The number of allylic oxidation sites excluding steroid dienone is 1. The molecule has 1 amide bonds. The zero-order valence-corrected chi connectivity index (χ0v) is 20.1. The van der Waals surface area contributed by atoms with Crippen LogP contribution < -0.4 is 9.64 Å². The van der Waals surface area contributed by atoms with E-state index in [4.69, 9.17) is 9.47 Å². The number of carbonyl (C=O) groups is 2. The molecule has 0 radical (unpaired) electrons. The van der Waals surface area contributed by atoms with Gasteiger partial charge in [0.15, 0.2) is 0 Å². The van der Waals surface area contributed by atoms with Crippen LogP contribution >= 0.6 is 11.8 Å². The summed E-state index contributed by atoms with van der Waals surface area (Å²) in [5, 5.41) is 0. The predicted octanol–water partition coefficient (Wildman–Crippen LogP) is 5.86. The Morgan fingerprint density at radius 1 is 1.00 bits per heavy atom. The molecular weight excluding hydrogens is 446 g/mol. The van der Waals surface area contributed by atoms with Crippen LogP contribution in [0.15, 0.2) is 101 Å². The third-order valence-electron chi connectivity index (χ3n) is 5.54. The van der Waals surface area contributed by atoms with Gasteiger partial charge in [0.1, 0.15) is 12.4 Å². The van der Waals surface area contributed by atoms with Crippen LogP contribution in [-0.2, 0) is 20.9 Å². The van der Waals surface area contributed by atoms with Crippen LogP contribution in [0.2, 0.25) is 0 Å². The van der Waals surface area contributed by atoms with Crippen LogP contribution in [0.5, 0.6) is 5.75 Å². The van der Waals surface area contributed by atoms with E-state index in [1.165, 1.54) is 7.11 Å². The number of nitrogens with zero attached hydrogens (tertiary/aromatic N) is 1. The van der Waals surface area contributed by atoms with E-state index in [2.05, 4.69) is 0 Å². The molecule has 0 bridgehead atoms. The smallest absolute Gasteiger partial charge is 0.340 e. The average Bonchev–Trinajstić information content (AvgIpc) is 3.12. The van der Waals surface area contributed by atoms with E-state index in [9.17, 15) is 9.59 Å². The van der Waals surface area contributed by atoms with Crippen molar-refractivity contribution in [2.45, 2.75) is 18.4 Å². The number of hydrogen-bond donors (Lipinski definition) is 0. The Balaban J connectivity index is 1.62. The second-order valence-electron chi connectivity index (χ2n) is 7.70. The molecule has 0 fully saturated rings. The highest BCUT2D eigenvalue weighted by Gasteiger charge is 2.37. The van der Waals surface area contributed by atoms with Crippen molar-refractivity contribution < 1.29 is 19.1 Å². The third kappa shape index (κ3) is 4.92. The summed E-state index contributed by atoms with van der Waals surface area (Å²) in [6.07, 6.45) is 3.70. The molecule has 0 spiro atoms. The largest absolute Gasteiger partial charge is 0.489 e. The number of ether oxygens (including phenoxy) is 2. The summed E-state index contributed by atoms with van der Waals surface area (Å²) in [5.41, 5.74) is 3.69. The first-order valence-electron chi connectivity index (χ1n) is 10.8. The van der Waals surface area contributed by atoms with E-state index in [0.29, 0.717) is 23.6 Å². The molecule has 172 valence electrons. The van der Waals surface area contributed by atoms with Crippen LogP contribution in [0, 0.1) is 0 Å². The zero-order chi connectivity index (χ0) is 24.1. The summed E-state index contributed by atoms with van der Waals surface area (Å²) in [6.45, 7) is 2.23. The SMILES string of the molecule is COC(=O)C1=C(C)N(c2cccc(SC)c2)C(=O)/C1=C\c1ccc(OCc2ccccc2)cc1. The van der Waals surface area contributed by atoms with Crippen molar-refractivity contribution in [1.29, 1.82) is 0 Å². The van der Waals surface area contributed by atoms with Crippen molar-refractivity contribution in [2.75, 3.05) is 18.3 Å². The van der Waals surface area contributed by atoms with Crippen LogP contribution in [-0.4, -0.2) is 25.2 Å². The standard InChI is InChI=1S/C28H25NO4S/c1-19-26(28(31)32-2)25(27(30)29(19)22-10-7-11-24(17-22)34-3)16-20-12-14-23(15-13-20)33-18-21-8-5-4-6-9-21/h4-17H,18H2,1-3H3/b25-16-. The Kier molecular flexibility index (Phi) is 7.18. The molecule has 6 heteroatoms. The van der Waals surface area contributed by atoms with Crippen LogP contribution in [0.4, 0.5) is 5.69 Å². The van der Waals surface area contributed by atoms with E-state index in [-0.39, 0.29) is 11.5 Å². The number of amides is 1. The number of esters is 1. The zero-order valence-electron chi connectivity index (χ0n) is 19.3. The molecule has 3 aromatic rings. The Morgan fingerprint density at radius 2 is 1.74 bits per heavy atom. The van der Waals surface area contributed by atoms with Gasteiger partial charge in [-0.3, -0.25) is 9.69 Å². The maximum atomic E-state index is 13.5. The van der Waals surface area contributed by atoms with E-state index < -0.39 is 5.97 Å². The van der Waals surface area contributed by atoms with Gasteiger partial charge in [-0.2, -0.15) is 0 Å². The molecule has 4 rings (SSSR count). The lowest BCUT2D eigenvalue weighted by Gasteiger charge is -2.18. The summed E-state index contributed by atoms with van der Waals surface area (Å²) < 4.78 is 10.8. The molecule has 1 aliphatic heterocycles. The van der Waals surface area contributed by atoms with Gasteiger partial charge in [0.25, 0.3) is 5.91 Å². The summed E-state index contributed by atoms with van der Waals surface area (Å²) in [6, 6.07) is 25.0. The highest BCUT2D eigenvalue weighted by atomic mass is 32.2. The molecule has 1 aliphatic rings. The van der Waals surface area contributed by atoms with Crippen LogP contribution in [0.1, 0.15) is 18.1 Å². The van der Waals surface area contributed by atoms with Crippen molar-refractivity contribution in [3.63, 3.8) is 0 Å². The van der Waals surface area contributed by atoms with Crippen molar-refractivity contribution >= 4 is 35.4 Å². The van der Waals surface area contributed by atoms with Crippen LogP contribution in [0.3, 0.4) is 0 Å². The lowest BCUT2D eigenvalue weighted by Crippen LogP contribution is -2.24. The van der Waals surface area contributed by atoms with E-state index in [1.54, 1.807) is 29.7 Å². The maximum absolute atomic E-state index is 13.5. The fraction of sp³-hybridized carbons (Fsp3) is 0.143. The maximum Gasteiger partial charge on any atom is 0.340 e. The highest BCUT2D eigenvalue weighted by molar-refractivity contribution is 7.98. The molecule has 0 atom stereocenters. The number of thioether (sulfide) groups is 1. The van der Waals surface area contributed by atoms with Gasteiger partial charge in [-0.05, 0) is 60.7 Å². The predicted molar refractivity (Wildman–Crippen MR) is 136 cm³/mol. The summed E-state index contributed by atoms with van der Waals surface area (Å²) in [7, 11) is 1.32. The third-order valence-corrected chi connectivity index (χ3v) is 6.27. The first-order chi connectivity index (χ1) is 16.5. The molecule has 0 saturated heterocycles. The van der Waals surface area contributed by atoms with E-state index in [1.807, 2.05) is 85.1 Å². The summed E-state index contributed by atoms with van der Waals surface area (Å²) in [5.74, 6) is -0.0804. The normalized spacial score (nSPS) is 14.6. The van der Waals surface area contributed by atoms with Gasteiger partial charge in [-0.25, -0.2) is 4.79 Å². The van der Waals surface area contributed by atoms with Gasteiger partial charge in [-0.1, -0.05) is 48.5 Å². The molecule has 5 nitrogen and oxygen atoms in total. The molecule has 0 aliphatic carbocycles. The lowest BCUT2D eigenvalue weighted by molar-refractivity contribution is -0.136. The number of hydrogen-bond acceptors (Lipinski definition) is 5. The number of carbonyl (C=O) groups excluding carboxylic acids is 2. The first-order valence-corrected chi connectivity index (χ1v) is 12.0. The summed E-state index contributed by atoms with van der Waals surface area (Å²) in [4.78, 5) is 28.7. The monoisotopic (exact) mass is 471 g/mol. The second kappa shape index (κ2) is 10.4. The van der Waals surface area contributed by atoms with Gasteiger partial charge in [0, 0.05) is 10.6 Å². The van der Waals surface area contributed by atoms with Gasteiger partial charge in [-0.15, -0.1) is 11.8 Å². The minimum absolute atomic E-state index is 0.263. The lowest BCUT2D eigenvalue weighted by atomic mass is 10.0. The van der Waals surface area contributed by atoms with E-state index >= 15 is 0 Å². The molecule has 0 N–H and O–H groups in total. The molecule has 34 heavy (non-hydrogen) atoms. The fourth-order valence-electron chi connectivity index (χ4n) is 3.81. The van der Waals surface area contributed by atoms with Crippen LogP contribution in [0.25, 0.3) is 6.08 Å². The number of methoxy groups -OCH3 is 1. The van der Waals surface area contributed by atoms with E-state index in [0.717, 1.165) is 21.8 Å². The number of benzene rings is 3. The fourth-order valence-corrected chi connectivity index (χ4v) is 4.26. The Hall–Kier alpha value is -3.77. The van der Waals surface area contributed by atoms with Crippen molar-refractivity contribution in [3.05, 3.63) is 107 Å². The first kappa shape index (κ1) is 23.4. The topological polar surface area (TPSA) is 55.8 Å². The molecule has 1 heterocycles. The molecule has 0 saturated carbocycles. The summed E-state index contributed by atoms with van der Waals surface area (Å²) >= 11 is 1.59. The van der Waals surface area contributed by atoms with Gasteiger partial charge in [0.2, 0.25) is 0 Å². The Morgan fingerprint density at radius 3 is 2.41 bits per heavy atom. The Bertz CT molecular complexity index is 1260. The highest BCUT2D eigenvalue weighted by Crippen LogP contribution is 2.36. The number of anilines is 1.